The number of hydrogen-bond acceptors (Lipinski definition) is 3. The highest BCUT2D eigenvalue weighted by Crippen LogP contribution is 2.24. The SMILES string of the molecule is Cc1cccc(OCCCCn2c(CCCNC(=O)C3CCCCC3)nc3ccccc32)c1C. The quantitative estimate of drug-likeness (QED) is 0.349. The van der Waals surface area contributed by atoms with Gasteiger partial charge < -0.3 is 14.6 Å². The van der Waals surface area contributed by atoms with Crippen LogP contribution in [0.1, 0.15) is 68.3 Å². The number of amides is 1. The van der Waals surface area contributed by atoms with E-state index in [1.165, 1.54) is 35.9 Å². The molecule has 1 N–H and O–H groups in total. The van der Waals surface area contributed by atoms with Gasteiger partial charge in [-0.1, -0.05) is 43.5 Å². The van der Waals surface area contributed by atoms with Crippen molar-refractivity contribution < 1.29 is 9.53 Å². The molecule has 0 aliphatic heterocycles. The van der Waals surface area contributed by atoms with E-state index in [4.69, 9.17) is 9.72 Å². The topological polar surface area (TPSA) is 56.1 Å². The van der Waals surface area contributed by atoms with Gasteiger partial charge in [-0.05, 0) is 75.3 Å². The number of fused-ring (bicyclic) bond motifs is 1. The Hall–Kier alpha value is -2.82. The number of aryl methyl sites for hydroxylation is 3. The summed E-state index contributed by atoms with van der Waals surface area (Å²) in [7, 11) is 0. The number of rotatable bonds is 11. The summed E-state index contributed by atoms with van der Waals surface area (Å²) < 4.78 is 8.40. The molecule has 0 saturated heterocycles. The first-order chi connectivity index (χ1) is 16.6. The predicted molar refractivity (Wildman–Crippen MR) is 138 cm³/mol. The molecular formula is C29H39N3O2. The lowest BCUT2D eigenvalue weighted by atomic mass is 9.89. The van der Waals surface area contributed by atoms with Gasteiger partial charge in [0.25, 0.3) is 0 Å². The maximum atomic E-state index is 12.4. The Bertz CT molecular complexity index is 1080. The van der Waals surface area contributed by atoms with Crippen LogP contribution in [0.4, 0.5) is 0 Å². The van der Waals surface area contributed by atoms with Gasteiger partial charge >= 0.3 is 0 Å². The van der Waals surface area contributed by atoms with Gasteiger partial charge in [0.2, 0.25) is 5.91 Å². The van der Waals surface area contributed by atoms with Crippen molar-refractivity contribution in [3.05, 3.63) is 59.4 Å². The van der Waals surface area contributed by atoms with Gasteiger partial charge in [-0.15, -0.1) is 0 Å². The normalized spacial score (nSPS) is 14.4. The van der Waals surface area contributed by atoms with Crippen LogP contribution in [0.5, 0.6) is 5.75 Å². The van der Waals surface area contributed by atoms with Crippen molar-refractivity contribution in [3.8, 4) is 5.75 Å². The molecular weight excluding hydrogens is 422 g/mol. The maximum absolute atomic E-state index is 12.4. The highest BCUT2D eigenvalue weighted by Gasteiger charge is 2.20. The van der Waals surface area contributed by atoms with Crippen molar-refractivity contribution >= 4 is 16.9 Å². The summed E-state index contributed by atoms with van der Waals surface area (Å²) in [6.07, 6.45) is 9.58. The summed E-state index contributed by atoms with van der Waals surface area (Å²) in [5.41, 5.74) is 4.73. The van der Waals surface area contributed by atoms with Gasteiger partial charge in [-0.25, -0.2) is 4.98 Å². The Morgan fingerprint density at radius 2 is 1.85 bits per heavy atom. The lowest BCUT2D eigenvalue weighted by molar-refractivity contribution is -0.125. The molecule has 1 aliphatic carbocycles. The molecule has 0 spiro atoms. The fraction of sp³-hybridized carbons (Fsp3) is 0.517. The van der Waals surface area contributed by atoms with Crippen LogP contribution >= 0.6 is 0 Å². The number of hydrogen-bond donors (Lipinski definition) is 1. The fourth-order valence-corrected chi connectivity index (χ4v) is 4.97. The molecule has 3 aromatic rings. The van der Waals surface area contributed by atoms with Gasteiger partial charge in [-0.3, -0.25) is 4.79 Å². The minimum absolute atomic E-state index is 0.226. The van der Waals surface area contributed by atoms with Crippen LogP contribution in [0.2, 0.25) is 0 Å². The Balaban J connectivity index is 1.27. The zero-order valence-electron chi connectivity index (χ0n) is 20.8. The number of imidazole rings is 1. The van der Waals surface area contributed by atoms with E-state index in [1.54, 1.807) is 0 Å². The third kappa shape index (κ3) is 6.19. The second kappa shape index (κ2) is 12.0. The van der Waals surface area contributed by atoms with Crippen molar-refractivity contribution in [2.45, 2.75) is 78.2 Å². The fourth-order valence-electron chi connectivity index (χ4n) is 4.97. The molecule has 5 nitrogen and oxygen atoms in total. The van der Waals surface area contributed by atoms with Crippen molar-refractivity contribution in [1.29, 1.82) is 0 Å². The number of benzene rings is 2. The molecule has 1 aromatic heterocycles. The lowest BCUT2D eigenvalue weighted by Gasteiger charge is -2.20. The standard InChI is InChI=1S/C29H39N3O2/c1-22-12-10-17-27(23(22)2)34-21-9-8-20-32-26-16-7-6-15-25(26)31-28(32)18-11-19-30-29(33)24-13-4-3-5-14-24/h6-7,10,12,15-17,24H,3-5,8-9,11,13-14,18-21H2,1-2H3,(H,30,33). The zero-order valence-corrected chi connectivity index (χ0v) is 20.8. The zero-order chi connectivity index (χ0) is 23.8. The number of ether oxygens (including phenoxy) is 1. The molecule has 34 heavy (non-hydrogen) atoms. The second-order valence-electron chi connectivity index (χ2n) is 9.65. The van der Waals surface area contributed by atoms with Crippen LogP contribution in [-0.4, -0.2) is 28.6 Å². The molecule has 4 rings (SSSR count). The highest BCUT2D eigenvalue weighted by molar-refractivity contribution is 5.78. The van der Waals surface area contributed by atoms with Crippen molar-refractivity contribution in [2.24, 2.45) is 5.92 Å². The molecule has 0 radical (unpaired) electrons. The van der Waals surface area contributed by atoms with Crippen LogP contribution in [-0.2, 0) is 17.8 Å². The first kappa shape index (κ1) is 24.3. The molecule has 1 amide bonds. The Morgan fingerprint density at radius 3 is 2.71 bits per heavy atom. The molecule has 5 heteroatoms. The van der Waals surface area contributed by atoms with E-state index in [-0.39, 0.29) is 11.8 Å². The van der Waals surface area contributed by atoms with Crippen LogP contribution in [0.15, 0.2) is 42.5 Å². The number of para-hydroxylation sites is 2. The van der Waals surface area contributed by atoms with Gasteiger partial charge in [-0.2, -0.15) is 0 Å². The number of nitrogens with zero attached hydrogens (tertiary/aromatic N) is 2. The number of carbonyl (C=O) groups is 1. The summed E-state index contributed by atoms with van der Waals surface area (Å²) in [5, 5.41) is 3.17. The summed E-state index contributed by atoms with van der Waals surface area (Å²) in [5.74, 6) is 2.58. The molecule has 1 heterocycles. The predicted octanol–water partition coefficient (Wildman–Crippen LogP) is 6.14. The van der Waals surface area contributed by atoms with E-state index in [9.17, 15) is 4.79 Å². The number of aromatic nitrogens is 2. The largest absolute Gasteiger partial charge is 0.493 e. The van der Waals surface area contributed by atoms with E-state index in [1.807, 2.05) is 6.07 Å². The van der Waals surface area contributed by atoms with Crippen LogP contribution in [0, 0.1) is 19.8 Å². The van der Waals surface area contributed by atoms with Crippen molar-refractivity contribution in [1.82, 2.24) is 14.9 Å². The smallest absolute Gasteiger partial charge is 0.223 e. The number of nitrogens with one attached hydrogen (secondary N) is 1. The number of carbonyl (C=O) groups excluding carboxylic acids is 1. The minimum atomic E-state index is 0.226. The Labute approximate surface area is 203 Å². The first-order valence-electron chi connectivity index (χ1n) is 13.0. The second-order valence-corrected chi connectivity index (χ2v) is 9.65. The van der Waals surface area contributed by atoms with E-state index in [0.717, 1.165) is 75.3 Å². The average molecular weight is 462 g/mol. The summed E-state index contributed by atoms with van der Waals surface area (Å²) >= 11 is 0. The van der Waals surface area contributed by atoms with Gasteiger partial charge in [0, 0.05) is 25.4 Å². The van der Waals surface area contributed by atoms with E-state index in [0.29, 0.717) is 0 Å². The molecule has 1 aliphatic rings. The summed E-state index contributed by atoms with van der Waals surface area (Å²) in [6, 6.07) is 14.6. The van der Waals surface area contributed by atoms with Crippen molar-refractivity contribution in [2.75, 3.05) is 13.2 Å². The molecule has 1 fully saturated rings. The number of unbranched alkanes of at least 4 members (excludes halogenated alkanes) is 1. The lowest BCUT2D eigenvalue weighted by Crippen LogP contribution is -2.32. The van der Waals surface area contributed by atoms with E-state index >= 15 is 0 Å². The molecule has 0 unspecified atom stereocenters. The Kier molecular flexibility index (Phi) is 8.62. The molecule has 2 aromatic carbocycles. The average Bonchev–Trinajstić information content (AvgIpc) is 3.22. The Morgan fingerprint density at radius 1 is 1.03 bits per heavy atom. The third-order valence-corrected chi connectivity index (χ3v) is 7.17. The summed E-state index contributed by atoms with van der Waals surface area (Å²) in [6.45, 7) is 6.61. The monoisotopic (exact) mass is 461 g/mol. The first-order valence-corrected chi connectivity index (χ1v) is 13.0. The third-order valence-electron chi connectivity index (χ3n) is 7.17. The van der Waals surface area contributed by atoms with E-state index < -0.39 is 0 Å². The molecule has 0 bridgehead atoms. The minimum Gasteiger partial charge on any atom is -0.493 e. The summed E-state index contributed by atoms with van der Waals surface area (Å²) in [4.78, 5) is 17.3. The highest BCUT2D eigenvalue weighted by atomic mass is 16.5. The van der Waals surface area contributed by atoms with Gasteiger partial charge in [0.15, 0.2) is 0 Å². The molecule has 182 valence electrons. The van der Waals surface area contributed by atoms with Crippen LogP contribution in [0.3, 0.4) is 0 Å². The van der Waals surface area contributed by atoms with E-state index in [2.05, 4.69) is 60.1 Å². The van der Waals surface area contributed by atoms with Gasteiger partial charge in [0.05, 0.1) is 17.6 Å². The molecule has 1 saturated carbocycles. The van der Waals surface area contributed by atoms with Crippen LogP contribution in [0.25, 0.3) is 11.0 Å². The van der Waals surface area contributed by atoms with Crippen LogP contribution < -0.4 is 10.1 Å². The maximum Gasteiger partial charge on any atom is 0.223 e. The molecule has 0 atom stereocenters. The van der Waals surface area contributed by atoms with Gasteiger partial charge in [0.1, 0.15) is 11.6 Å². The van der Waals surface area contributed by atoms with Crippen molar-refractivity contribution in [3.63, 3.8) is 0 Å².